The number of aromatic nitrogens is 2. The van der Waals surface area contributed by atoms with Gasteiger partial charge in [0, 0.05) is 15.7 Å². The lowest BCUT2D eigenvalue weighted by Gasteiger charge is -2.05. The zero-order chi connectivity index (χ0) is 16.9. The van der Waals surface area contributed by atoms with Crippen LogP contribution < -0.4 is 15.4 Å². The molecule has 0 atom stereocenters. The Morgan fingerprint density at radius 2 is 1.75 bits per heavy atom. The lowest BCUT2D eigenvalue weighted by molar-refractivity contribution is 0.262. The van der Waals surface area contributed by atoms with Crippen LogP contribution in [-0.4, -0.2) is 23.3 Å². The van der Waals surface area contributed by atoms with E-state index in [1.807, 2.05) is 24.3 Å². The lowest BCUT2D eigenvalue weighted by Crippen LogP contribution is -2.19. The second kappa shape index (κ2) is 7.41. The number of nitrogens with zero attached hydrogens (tertiary/aromatic N) is 2. The van der Waals surface area contributed by atoms with Gasteiger partial charge in [-0.3, -0.25) is 5.32 Å². The van der Waals surface area contributed by atoms with Gasteiger partial charge in [0.1, 0.15) is 10.8 Å². The smallest absolute Gasteiger partial charge is 0.325 e. The van der Waals surface area contributed by atoms with Crippen molar-refractivity contribution in [2.24, 2.45) is 0 Å². The molecule has 3 aromatic rings. The first kappa shape index (κ1) is 16.4. The Hall–Kier alpha value is -2.45. The lowest BCUT2D eigenvalue weighted by atomic mass is 10.2. The third kappa shape index (κ3) is 4.09. The molecule has 0 bridgehead atoms. The van der Waals surface area contributed by atoms with Crippen molar-refractivity contribution in [3.8, 4) is 16.3 Å². The van der Waals surface area contributed by atoms with Crippen LogP contribution in [0.2, 0.25) is 0 Å². The molecule has 0 aliphatic heterocycles. The quantitative estimate of drug-likeness (QED) is 0.664. The Bertz CT molecular complexity index is 834. The molecule has 8 heteroatoms. The van der Waals surface area contributed by atoms with Gasteiger partial charge in [-0.2, -0.15) is 0 Å². The van der Waals surface area contributed by atoms with Gasteiger partial charge in [-0.05, 0) is 36.4 Å². The fourth-order valence-corrected chi connectivity index (χ4v) is 2.93. The fraction of sp³-hybridized carbons (Fsp3) is 0.0625. The molecule has 1 heterocycles. The van der Waals surface area contributed by atoms with Crippen molar-refractivity contribution < 1.29 is 9.53 Å². The number of rotatable bonds is 4. The van der Waals surface area contributed by atoms with E-state index in [9.17, 15) is 4.79 Å². The summed E-state index contributed by atoms with van der Waals surface area (Å²) in [5.41, 5.74) is 1.60. The predicted molar refractivity (Wildman–Crippen MR) is 98.7 cm³/mol. The highest BCUT2D eigenvalue weighted by molar-refractivity contribution is 9.10. The van der Waals surface area contributed by atoms with E-state index in [2.05, 4.69) is 36.8 Å². The van der Waals surface area contributed by atoms with Gasteiger partial charge in [0.25, 0.3) is 0 Å². The summed E-state index contributed by atoms with van der Waals surface area (Å²) in [7, 11) is 1.59. The molecule has 0 spiro atoms. The first-order valence-corrected chi connectivity index (χ1v) is 8.56. The molecule has 122 valence electrons. The molecule has 0 aliphatic carbocycles. The Morgan fingerprint density at radius 1 is 1.04 bits per heavy atom. The molecule has 6 nitrogen and oxygen atoms in total. The van der Waals surface area contributed by atoms with Crippen molar-refractivity contribution in [2.75, 3.05) is 17.7 Å². The van der Waals surface area contributed by atoms with Gasteiger partial charge >= 0.3 is 6.03 Å². The largest absolute Gasteiger partial charge is 0.497 e. The van der Waals surface area contributed by atoms with Crippen LogP contribution in [0.25, 0.3) is 10.6 Å². The molecule has 24 heavy (non-hydrogen) atoms. The van der Waals surface area contributed by atoms with Crippen molar-refractivity contribution >= 4 is 44.1 Å². The van der Waals surface area contributed by atoms with Crippen LogP contribution in [0.5, 0.6) is 5.75 Å². The zero-order valence-corrected chi connectivity index (χ0v) is 15.0. The normalized spacial score (nSPS) is 10.2. The third-order valence-corrected chi connectivity index (χ3v) is 4.50. The first-order valence-electron chi connectivity index (χ1n) is 6.95. The minimum absolute atomic E-state index is 0.376. The number of amides is 2. The molecule has 3 rings (SSSR count). The molecular formula is C16H13BrN4O2S. The average molecular weight is 405 g/mol. The number of anilines is 2. The van der Waals surface area contributed by atoms with Crippen LogP contribution in [0, 0.1) is 0 Å². The summed E-state index contributed by atoms with van der Waals surface area (Å²) < 4.78 is 6.07. The van der Waals surface area contributed by atoms with Crippen molar-refractivity contribution in [2.45, 2.75) is 0 Å². The highest BCUT2D eigenvalue weighted by Gasteiger charge is 2.10. The van der Waals surface area contributed by atoms with Crippen molar-refractivity contribution in [3.63, 3.8) is 0 Å². The second-order valence-corrected chi connectivity index (χ2v) is 6.62. The van der Waals surface area contributed by atoms with Crippen LogP contribution in [0.1, 0.15) is 0 Å². The van der Waals surface area contributed by atoms with E-state index in [0.29, 0.717) is 10.8 Å². The number of hydrogen-bond donors (Lipinski definition) is 2. The van der Waals surface area contributed by atoms with Gasteiger partial charge in [0.2, 0.25) is 5.13 Å². The number of methoxy groups -OCH3 is 1. The number of hydrogen-bond acceptors (Lipinski definition) is 5. The Kier molecular flexibility index (Phi) is 5.07. The Balaban J connectivity index is 1.63. The van der Waals surface area contributed by atoms with Gasteiger partial charge in [0.15, 0.2) is 0 Å². The molecule has 2 aromatic carbocycles. The summed E-state index contributed by atoms with van der Waals surface area (Å²) in [4.78, 5) is 12.0. The standard InChI is InChI=1S/C16H13BrN4O2S/c1-23-13-8-6-12(7-9-13)18-15(22)19-16-21-20-14(24-16)10-2-4-11(17)5-3-10/h2-9H,1H3,(H2,18,19,21,22). The Labute approximate surface area is 151 Å². The Morgan fingerprint density at radius 3 is 2.42 bits per heavy atom. The summed E-state index contributed by atoms with van der Waals surface area (Å²) in [5, 5.41) is 14.6. The number of urea groups is 1. The molecule has 0 radical (unpaired) electrons. The second-order valence-electron chi connectivity index (χ2n) is 4.73. The van der Waals surface area contributed by atoms with Crippen molar-refractivity contribution in [1.29, 1.82) is 0 Å². The fourth-order valence-electron chi connectivity index (χ4n) is 1.92. The van der Waals surface area contributed by atoms with E-state index in [-0.39, 0.29) is 6.03 Å². The van der Waals surface area contributed by atoms with E-state index < -0.39 is 0 Å². The van der Waals surface area contributed by atoms with Crippen LogP contribution in [0.3, 0.4) is 0 Å². The van der Waals surface area contributed by atoms with E-state index in [1.165, 1.54) is 11.3 Å². The maximum Gasteiger partial charge on any atom is 0.325 e. The predicted octanol–water partition coefficient (Wildman–Crippen LogP) is 4.62. The maximum atomic E-state index is 12.0. The first-order chi connectivity index (χ1) is 11.6. The molecular weight excluding hydrogens is 392 g/mol. The maximum absolute atomic E-state index is 12.0. The molecule has 0 saturated carbocycles. The van der Waals surface area contributed by atoms with Crippen LogP contribution in [0.4, 0.5) is 15.6 Å². The summed E-state index contributed by atoms with van der Waals surface area (Å²) in [6, 6.07) is 14.4. The number of carbonyl (C=O) groups is 1. The average Bonchev–Trinajstić information content (AvgIpc) is 3.04. The monoisotopic (exact) mass is 404 g/mol. The minimum Gasteiger partial charge on any atom is -0.497 e. The number of benzene rings is 2. The van der Waals surface area contributed by atoms with E-state index in [1.54, 1.807) is 31.4 Å². The molecule has 0 unspecified atom stereocenters. The third-order valence-electron chi connectivity index (χ3n) is 3.08. The summed E-state index contributed by atoms with van der Waals surface area (Å²) >= 11 is 4.70. The molecule has 1 aromatic heterocycles. The SMILES string of the molecule is COc1ccc(NC(=O)Nc2nnc(-c3ccc(Br)cc3)s2)cc1. The van der Waals surface area contributed by atoms with Gasteiger partial charge in [0.05, 0.1) is 7.11 Å². The van der Waals surface area contributed by atoms with Gasteiger partial charge in [-0.1, -0.05) is 39.4 Å². The highest BCUT2D eigenvalue weighted by Crippen LogP contribution is 2.27. The van der Waals surface area contributed by atoms with Crippen LogP contribution in [0.15, 0.2) is 53.0 Å². The summed E-state index contributed by atoms with van der Waals surface area (Å²) in [6.45, 7) is 0. The molecule has 0 fully saturated rings. The molecule has 0 aliphatic rings. The topological polar surface area (TPSA) is 76.1 Å². The van der Waals surface area contributed by atoms with E-state index in [0.717, 1.165) is 20.8 Å². The van der Waals surface area contributed by atoms with E-state index in [4.69, 9.17) is 4.74 Å². The highest BCUT2D eigenvalue weighted by atomic mass is 79.9. The molecule has 0 saturated heterocycles. The number of carbonyl (C=O) groups excluding carboxylic acids is 1. The molecule has 2 N–H and O–H groups in total. The van der Waals surface area contributed by atoms with Crippen molar-refractivity contribution in [1.82, 2.24) is 10.2 Å². The minimum atomic E-state index is -0.376. The summed E-state index contributed by atoms with van der Waals surface area (Å²) in [5.74, 6) is 0.726. The summed E-state index contributed by atoms with van der Waals surface area (Å²) in [6.07, 6.45) is 0. The number of nitrogens with one attached hydrogen (secondary N) is 2. The van der Waals surface area contributed by atoms with Gasteiger partial charge in [-0.25, -0.2) is 4.79 Å². The van der Waals surface area contributed by atoms with Gasteiger partial charge < -0.3 is 10.1 Å². The number of halogens is 1. The van der Waals surface area contributed by atoms with Crippen LogP contribution >= 0.6 is 27.3 Å². The van der Waals surface area contributed by atoms with Gasteiger partial charge in [-0.15, -0.1) is 10.2 Å². The van der Waals surface area contributed by atoms with E-state index >= 15 is 0 Å². The zero-order valence-electron chi connectivity index (χ0n) is 12.6. The van der Waals surface area contributed by atoms with Crippen LogP contribution in [-0.2, 0) is 0 Å². The molecule has 2 amide bonds. The number of ether oxygens (including phenoxy) is 1. The van der Waals surface area contributed by atoms with Crippen molar-refractivity contribution in [3.05, 3.63) is 53.0 Å².